The van der Waals surface area contributed by atoms with E-state index in [1.807, 2.05) is 78.6 Å². The molecule has 2 amide bonds. The van der Waals surface area contributed by atoms with Crippen molar-refractivity contribution in [2.24, 2.45) is 0 Å². The Morgan fingerprint density at radius 3 is 2.37 bits per heavy atom. The second-order valence-electron chi connectivity index (χ2n) is 8.27. The molecule has 0 heterocycles. The average molecular weight is 491 g/mol. The van der Waals surface area contributed by atoms with E-state index in [9.17, 15) is 9.59 Å². The highest BCUT2D eigenvalue weighted by atomic mass is 32.2. The number of nitrogens with one attached hydrogen (secondary N) is 1. The van der Waals surface area contributed by atoms with Gasteiger partial charge in [0.25, 0.3) is 0 Å². The van der Waals surface area contributed by atoms with E-state index in [4.69, 9.17) is 4.74 Å². The molecule has 1 N–H and O–H groups in total. The first-order chi connectivity index (χ1) is 17.1. The first kappa shape index (κ1) is 26.4. The minimum absolute atomic E-state index is 0.0743. The van der Waals surface area contributed by atoms with Crippen molar-refractivity contribution in [3.8, 4) is 5.75 Å². The molecule has 0 aliphatic carbocycles. The molecule has 0 spiro atoms. The summed E-state index contributed by atoms with van der Waals surface area (Å²) in [6.07, 6.45) is 3.95. The Balaban J connectivity index is 1.71. The second-order valence-corrected chi connectivity index (χ2v) is 9.41. The highest BCUT2D eigenvalue weighted by Gasteiger charge is 2.16. The second kappa shape index (κ2) is 14.2. The summed E-state index contributed by atoms with van der Waals surface area (Å²) < 4.78 is 5.34. The quantitative estimate of drug-likeness (QED) is 0.167. The van der Waals surface area contributed by atoms with E-state index < -0.39 is 0 Å². The van der Waals surface area contributed by atoms with Crippen LogP contribution in [0.25, 0.3) is 0 Å². The van der Waals surface area contributed by atoms with E-state index in [0.717, 1.165) is 41.2 Å². The number of nitrogens with zero attached hydrogens (tertiary/aromatic N) is 1. The van der Waals surface area contributed by atoms with Crippen LogP contribution in [0.2, 0.25) is 0 Å². The Hall–Kier alpha value is -3.25. The highest BCUT2D eigenvalue weighted by Crippen LogP contribution is 2.31. The Bertz CT molecular complexity index is 1070. The van der Waals surface area contributed by atoms with Crippen molar-refractivity contribution in [3.05, 3.63) is 84.4 Å². The number of rotatable bonds is 12. The number of unbranched alkanes of at least 4 members (excludes halogenated alkanes) is 1. The standard InChI is InChI=1S/C29H34N2O3S/c1-3-5-20-30-29(33)31(21-19-23-11-7-6-8-12-23)24-13-9-14-27(22-24)35-26-17-15-25(16-18-26)34-28(32)10-4-2/h6-9,11-18,22H,3-5,10,19-21H2,1-2H3,(H,30,33). The lowest BCUT2D eigenvalue weighted by Crippen LogP contribution is -2.41. The number of carbonyl (C=O) groups excluding carboxylic acids is 2. The number of benzene rings is 3. The molecular weight excluding hydrogens is 456 g/mol. The lowest BCUT2D eigenvalue weighted by atomic mass is 10.1. The number of esters is 1. The van der Waals surface area contributed by atoms with Crippen molar-refractivity contribution in [1.29, 1.82) is 0 Å². The molecule has 0 unspecified atom stereocenters. The minimum atomic E-state index is -0.214. The van der Waals surface area contributed by atoms with Crippen LogP contribution < -0.4 is 15.0 Å². The fraction of sp³-hybridized carbons (Fsp3) is 0.310. The van der Waals surface area contributed by atoms with Crippen LogP contribution in [0.1, 0.15) is 45.1 Å². The highest BCUT2D eigenvalue weighted by molar-refractivity contribution is 7.99. The van der Waals surface area contributed by atoms with Gasteiger partial charge in [-0.15, -0.1) is 0 Å². The van der Waals surface area contributed by atoms with Gasteiger partial charge in [-0.3, -0.25) is 9.69 Å². The number of hydrogen-bond donors (Lipinski definition) is 1. The molecule has 0 saturated heterocycles. The van der Waals surface area contributed by atoms with Crippen LogP contribution in [0.3, 0.4) is 0 Å². The summed E-state index contributed by atoms with van der Waals surface area (Å²) >= 11 is 1.61. The zero-order chi connectivity index (χ0) is 24.9. The lowest BCUT2D eigenvalue weighted by molar-refractivity contribution is -0.134. The number of ether oxygens (including phenoxy) is 1. The van der Waals surface area contributed by atoms with E-state index in [1.165, 1.54) is 5.56 Å². The number of carbonyl (C=O) groups is 2. The molecule has 0 atom stereocenters. The molecule has 0 radical (unpaired) electrons. The minimum Gasteiger partial charge on any atom is -0.427 e. The summed E-state index contributed by atoms with van der Waals surface area (Å²) in [6.45, 7) is 5.32. The van der Waals surface area contributed by atoms with Crippen molar-refractivity contribution < 1.29 is 14.3 Å². The van der Waals surface area contributed by atoms with E-state index >= 15 is 0 Å². The van der Waals surface area contributed by atoms with Gasteiger partial charge in [0.2, 0.25) is 0 Å². The molecule has 184 valence electrons. The number of amides is 2. The third-order valence-electron chi connectivity index (χ3n) is 5.39. The Kier molecular flexibility index (Phi) is 10.7. The summed E-state index contributed by atoms with van der Waals surface area (Å²) in [5, 5.41) is 3.06. The molecule has 0 bridgehead atoms. The summed E-state index contributed by atoms with van der Waals surface area (Å²) in [5.74, 6) is 0.339. The van der Waals surface area contributed by atoms with Gasteiger partial charge >= 0.3 is 12.0 Å². The third kappa shape index (κ3) is 8.80. The van der Waals surface area contributed by atoms with Crippen molar-refractivity contribution >= 4 is 29.4 Å². The van der Waals surface area contributed by atoms with Crippen molar-refractivity contribution in [1.82, 2.24) is 5.32 Å². The molecule has 3 aromatic carbocycles. The maximum absolute atomic E-state index is 13.0. The van der Waals surface area contributed by atoms with Gasteiger partial charge in [-0.05, 0) is 67.3 Å². The summed E-state index contributed by atoms with van der Waals surface area (Å²) in [4.78, 5) is 28.6. The largest absolute Gasteiger partial charge is 0.427 e. The SMILES string of the molecule is CCCCNC(=O)N(CCc1ccccc1)c1cccc(Sc2ccc(OC(=O)CCC)cc2)c1. The lowest BCUT2D eigenvalue weighted by Gasteiger charge is -2.24. The van der Waals surface area contributed by atoms with Gasteiger partial charge in [0.1, 0.15) is 5.75 Å². The van der Waals surface area contributed by atoms with Gasteiger partial charge in [-0.1, -0.05) is 68.4 Å². The molecule has 5 nitrogen and oxygen atoms in total. The topological polar surface area (TPSA) is 58.6 Å². The Labute approximate surface area is 212 Å². The van der Waals surface area contributed by atoms with Crippen molar-refractivity contribution in [2.75, 3.05) is 18.0 Å². The monoisotopic (exact) mass is 490 g/mol. The van der Waals surface area contributed by atoms with Gasteiger partial charge in [0.05, 0.1) is 0 Å². The summed E-state index contributed by atoms with van der Waals surface area (Å²) in [5.41, 5.74) is 2.06. The fourth-order valence-corrected chi connectivity index (χ4v) is 4.38. The normalized spacial score (nSPS) is 10.6. The molecule has 6 heteroatoms. The average Bonchev–Trinajstić information content (AvgIpc) is 2.87. The first-order valence-corrected chi connectivity index (χ1v) is 13.1. The Morgan fingerprint density at radius 2 is 1.66 bits per heavy atom. The predicted molar refractivity (Wildman–Crippen MR) is 143 cm³/mol. The van der Waals surface area contributed by atoms with Crippen LogP contribution in [-0.4, -0.2) is 25.1 Å². The van der Waals surface area contributed by atoms with Crippen LogP contribution in [0.15, 0.2) is 88.7 Å². The van der Waals surface area contributed by atoms with Gasteiger partial charge in [0, 0.05) is 35.0 Å². The molecule has 3 aromatic rings. The third-order valence-corrected chi connectivity index (χ3v) is 6.39. The molecule has 3 rings (SSSR count). The smallest absolute Gasteiger partial charge is 0.321 e. The molecule has 35 heavy (non-hydrogen) atoms. The van der Waals surface area contributed by atoms with E-state index in [-0.39, 0.29) is 12.0 Å². The van der Waals surface area contributed by atoms with Crippen LogP contribution in [0, 0.1) is 0 Å². The first-order valence-electron chi connectivity index (χ1n) is 12.3. The van der Waals surface area contributed by atoms with Crippen molar-refractivity contribution in [3.63, 3.8) is 0 Å². The van der Waals surface area contributed by atoms with Crippen LogP contribution in [0.4, 0.5) is 10.5 Å². The number of anilines is 1. The van der Waals surface area contributed by atoms with Crippen molar-refractivity contribution in [2.45, 2.75) is 55.7 Å². The van der Waals surface area contributed by atoms with E-state index in [2.05, 4.69) is 24.4 Å². The van der Waals surface area contributed by atoms with Crippen LogP contribution in [0.5, 0.6) is 5.75 Å². The molecule has 0 saturated carbocycles. The predicted octanol–water partition coefficient (Wildman–Crippen LogP) is 7.10. The maximum atomic E-state index is 13.0. The summed E-state index contributed by atoms with van der Waals surface area (Å²) in [6, 6.07) is 25.7. The number of urea groups is 1. The van der Waals surface area contributed by atoms with Crippen LogP contribution in [-0.2, 0) is 11.2 Å². The molecular formula is C29H34N2O3S. The molecule has 0 aliphatic heterocycles. The van der Waals surface area contributed by atoms with Gasteiger partial charge in [0.15, 0.2) is 0 Å². The van der Waals surface area contributed by atoms with Gasteiger partial charge in [-0.25, -0.2) is 4.79 Å². The molecule has 0 fully saturated rings. The van der Waals surface area contributed by atoms with E-state index in [1.54, 1.807) is 11.8 Å². The zero-order valence-electron chi connectivity index (χ0n) is 20.5. The molecule has 0 aromatic heterocycles. The molecule has 0 aliphatic rings. The Morgan fingerprint density at radius 1 is 0.886 bits per heavy atom. The van der Waals surface area contributed by atoms with Crippen LogP contribution >= 0.6 is 11.8 Å². The number of hydrogen-bond acceptors (Lipinski definition) is 4. The summed E-state index contributed by atoms with van der Waals surface area (Å²) in [7, 11) is 0. The van der Waals surface area contributed by atoms with Gasteiger partial charge in [-0.2, -0.15) is 0 Å². The van der Waals surface area contributed by atoms with Gasteiger partial charge < -0.3 is 10.1 Å². The van der Waals surface area contributed by atoms with E-state index in [0.29, 0.717) is 25.3 Å². The fourth-order valence-electron chi connectivity index (χ4n) is 3.51. The maximum Gasteiger partial charge on any atom is 0.321 e. The zero-order valence-corrected chi connectivity index (χ0v) is 21.4.